The fourth-order valence-corrected chi connectivity index (χ4v) is 4.63. The van der Waals surface area contributed by atoms with Crippen LogP contribution in [0.3, 0.4) is 0 Å². The van der Waals surface area contributed by atoms with Gasteiger partial charge in [0.05, 0.1) is 6.42 Å². The quantitative estimate of drug-likeness (QED) is 0.197. The van der Waals surface area contributed by atoms with E-state index in [-0.39, 0.29) is 74.7 Å². The minimum atomic E-state index is -0.749. The molecule has 0 spiro atoms. The molecule has 1 aliphatic rings. The molecule has 0 saturated carbocycles. The number of carbonyl (C=O) groups excluding carboxylic acids is 1. The van der Waals surface area contributed by atoms with Crippen molar-refractivity contribution in [2.75, 3.05) is 0 Å². The van der Waals surface area contributed by atoms with E-state index in [2.05, 4.69) is 0 Å². The first-order chi connectivity index (χ1) is 19.2. The number of aromatic hydroxyl groups is 5. The van der Waals surface area contributed by atoms with Crippen LogP contribution < -0.4 is 14.9 Å². The summed E-state index contributed by atoms with van der Waals surface area (Å²) in [7, 11) is 0. The van der Waals surface area contributed by atoms with E-state index in [1.54, 1.807) is 30.3 Å². The zero-order chi connectivity index (χ0) is 28.1. The lowest BCUT2D eigenvalue weighted by Gasteiger charge is -2.26. The number of hydrogen-bond donors (Lipinski definition) is 5. The first-order valence-electron chi connectivity index (χ1n) is 12.0. The third-order valence-electron chi connectivity index (χ3n) is 6.50. The van der Waals surface area contributed by atoms with Crippen LogP contribution in [0.1, 0.15) is 28.4 Å². The van der Waals surface area contributed by atoms with Crippen LogP contribution in [0.5, 0.6) is 46.0 Å². The fraction of sp³-hybridized carbons (Fsp3) is 0.0667. The molecular formula is C30H20O10. The molecule has 6 rings (SSSR count). The predicted octanol–water partition coefficient (Wildman–Crippen LogP) is 5.49. The minimum absolute atomic E-state index is 0.000224. The Morgan fingerprint density at radius 1 is 0.750 bits per heavy atom. The van der Waals surface area contributed by atoms with Gasteiger partial charge >= 0.3 is 0 Å². The highest BCUT2D eigenvalue weighted by atomic mass is 16.5. The first kappa shape index (κ1) is 24.7. The monoisotopic (exact) mass is 540 g/mol. The number of rotatable bonds is 4. The maximum absolute atomic E-state index is 12.7. The second-order valence-corrected chi connectivity index (χ2v) is 9.24. The van der Waals surface area contributed by atoms with Gasteiger partial charge in [0.15, 0.2) is 22.7 Å². The molecule has 0 amide bonds. The second-order valence-electron chi connectivity index (χ2n) is 9.24. The number of carbonyl (C=O) groups is 1. The second kappa shape index (κ2) is 9.28. The van der Waals surface area contributed by atoms with Gasteiger partial charge in [0.25, 0.3) is 0 Å². The Labute approximate surface area is 225 Å². The van der Waals surface area contributed by atoms with Crippen molar-refractivity contribution in [3.05, 3.63) is 94.1 Å². The third-order valence-corrected chi connectivity index (χ3v) is 6.50. The molecule has 10 heteroatoms. The average molecular weight is 540 g/mol. The molecule has 0 saturated heterocycles. The number of fused-ring (bicyclic) bond motifs is 2. The molecule has 1 aliphatic heterocycles. The highest BCUT2D eigenvalue weighted by molar-refractivity contribution is 6.02. The molecule has 0 radical (unpaired) electrons. The predicted molar refractivity (Wildman–Crippen MR) is 142 cm³/mol. The summed E-state index contributed by atoms with van der Waals surface area (Å²) in [4.78, 5) is 25.2. The van der Waals surface area contributed by atoms with E-state index in [1.807, 2.05) is 0 Å². The normalized spacial score (nSPS) is 14.5. The van der Waals surface area contributed by atoms with Crippen LogP contribution in [0.4, 0.5) is 0 Å². The van der Waals surface area contributed by atoms with Gasteiger partial charge in [-0.3, -0.25) is 9.59 Å². The molecule has 5 N–H and O–H groups in total. The summed E-state index contributed by atoms with van der Waals surface area (Å²) in [5.41, 5.74) is 0.591. The third kappa shape index (κ3) is 4.37. The summed E-state index contributed by atoms with van der Waals surface area (Å²) < 4.78 is 17.5. The minimum Gasteiger partial charge on any atom is -0.508 e. The van der Waals surface area contributed by atoms with E-state index in [0.717, 1.165) is 12.1 Å². The van der Waals surface area contributed by atoms with Gasteiger partial charge in [-0.15, -0.1) is 0 Å². The number of phenols is 5. The molecule has 200 valence electrons. The van der Waals surface area contributed by atoms with Gasteiger partial charge in [-0.05, 0) is 42.0 Å². The van der Waals surface area contributed by atoms with Crippen molar-refractivity contribution in [2.24, 2.45) is 0 Å². The maximum atomic E-state index is 12.7. The van der Waals surface area contributed by atoms with Gasteiger partial charge in [0, 0.05) is 35.9 Å². The fourth-order valence-electron chi connectivity index (χ4n) is 4.63. The molecule has 0 bridgehead atoms. The number of benzene rings is 4. The SMILES string of the molecule is O=C1C[C@H](c2ccc(O)c(Oc3ccc(-c4cc(=O)c5c(O)cc(O)cc5o4)cc3)c2)Oc2cc(O)cc(O)c21. The van der Waals surface area contributed by atoms with E-state index in [1.165, 1.54) is 30.3 Å². The molecular weight excluding hydrogens is 520 g/mol. The van der Waals surface area contributed by atoms with Crippen molar-refractivity contribution in [2.45, 2.75) is 12.5 Å². The molecule has 0 unspecified atom stereocenters. The largest absolute Gasteiger partial charge is 0.508 e. The summed E-state index contributed by atoms with van der Waals surface area (Å²) in [6.45, 7) is 0. The lowest BCUT2D eigenvalue weighted by Crippen LogP contribution is -2.20. The first-order valence-corrected chi connectivity index (χ1v) is 12.0. The van der Waals surface area contributed by atoms with Gasteiger partial charge < -0.3 is 39.4 Å². The molecule has 40 heavy (non-hydrogen) atoms. The van der Waals surface area contributed by atoms with E-state index >= 15 is 0 Å². The standard InChI is InChI=1S/C30H20O10/c31-16-8-20(34)29-22(36)12-24(39-27(29)10-16)14-1-4-18(5-2-14)38-26-7-15(3-6-19(26)33)25-13-23(37)30-21(35)9-17(32)11-28(30)40-25/h1-12,25,31-35H,13H2/t25-/m1/s1. The molecule has 1 atom stereocenters. The van der Waals surface area contributed by atoms with Crippen LogP contribution in [0.15, 0.2) is 82.0 Å². The van der Waals surface area contributed by atoms with Crippen molar-refractivity contribution in [3.63, 3.8) is 0 Å². The number of ketones is 1. The number of phenolic OH excluding ortho intramolecular Hbond substituents is 5. The van der Waals surface area contributed by atoms with Crippen LogP contribution in [0.25, 0.3) is 22.3 Å². The average Bonchev–Trinajstić information content (AvgIpc) is 2.89. The van der Waals surface area contributed by atoms with E-state index in [0.29, 0.717) is 16.9 Å². The number of ether oxygens (including phenoxy) is 2. The molecule has 0 fully saturated rings. The van der Waals surface area contributed by atoms with E-state index < -0.39 is 11.5 Å². The summed E-state index contributed by atoms with van der Waals surface area (Å²) in [6.07, 6.45) is -0.822. The van der Waals surface area contributed by atoms with E-state index in [4.69, 9.17) is 13.9 Å². The topological polar surface area (TPSA) is 167 Å². The van der Waals surface area contributed by atoms with Crippen LogP contribution in [-0.2, 0) is 0 Å². The lowest BCUT2D eigenvalue weighted by atomic mass is 9.95. The van der Waals surface area contributed by atoms with Gasteiger partial charge in [0.2, 0.25) is 0 Å². The Hall–Kier alpha value is -5.64. The summed E-state index contributed by atoms with van der Waals surface area (Å²) in [6, 6.07) is 16.8. The van der Waals surface area contributed by atoms with Crippen molar-refractivity contribution < 1.29 is 44.2 Å². The van der Waals surface area contributed by atoms with Crippen LogP contribution in [-0.4, -0.2) is 31.3 Å². The highest BCUT2D eigenvalue weighted by Gasteiger charge is 2.31. The van der Waals surface area contributed by atoms with Gasteiger partial charge in [-0.2, -0.15) is 0 Å². The summed E-state index contributed by atoms with van der Waals surface area (Å²) >= 11 is 0. The number of hydrogen-bond acceptors (Lipinski definition) is 10. The molecule has 4 aromatic carbocycles. The Kier molecular flexibility index (Phi) is 5.73. The van der Waals surface area contributed by atoms with Crippen molar-refractivity contribution in [1.29, 1.82) is 0 Å². The van der Waals surface area contributed by atoms with Gasteiger partial charge in [-0.25, -0.2) is 0 Å². The Morgan fingerprint density at radius 2 is 1.48 bits per heavy atom. The molecule has 10 nitrogen and oxygen atoms in total. The van der Waals surface area contributed by atoms with Crippen molar-refractivity contribution in [1.82, 2.24) is 0 Å². The van der Waals surface area contributed by atoms with E-state index in [9.17, 15) is 35.1 Å². The molecule has 2 heterocycles. The summed E-state index contributed by atoms with van der Waals surface area (Å²) in [5.74, 6) is -1.08. The Balaban J connectivity index is 1.26. The van der Waals surface area contributed by atoms with Gasteiger partial charge in [0.1, 0.15) is 62.9 Å². The molecule has 0 aliphatic carbocycles. The van der Waals surface area contributed by atoms with Crippen LogP contribution >= 0.6 is 0 Å². The maximum Gasteiger partial charge on any atom is 0.197 e. The van der Waals surface area contributed by atoms with Crippen LogP contribution in [0.2, 0.25) is 0 Å². The molecule has 5 aromatic rings. The smallest absolute Gasteiger partial charge is 0.197 e. The Bertz CT molecular complexity index is 1870. The lowest BCUT2D eigenvalue weighted by molar-refractivity contribution is 0.0844. The zero-order valence-electron chi connectivity index (χ0n) is 20.5. The van der Waals surface area contributed by atoms with Crippen molar-refractivity contribution >= 4 is 16.8 Å². The Morgan fingerprint density at radius 3 is 2.25 bits per heavy atom. The summed E-state index contributed by atoms with van der Waals surface area (Å²) in [5, 5.41) is 49.9. The van der Waals surface area contributed by atoms with Crippen LogP contribution in [0, 0.1) is 0 Å². The zero-order valence-corrected chi connectivity index (χ0v) is 20.5. The van der Waals surface area contributed by atoms with Crippen molar-refractivity contribution in [3.8, 4) is 57.3 Å². The number of Topliss-reactive ketones (excluding diaryl/α,β-unsaturated/α-hetero) is 1. The van der Waals surface area contributed by atoms with Gasteiger partial charge in [-0.1, -0.05) is 6.07 Å². The molecule has 1 aromatic heterocycles. The highest BCUT2D eigenvalue weighted by Crippen LogP contribution is 2.43.